The number of carbonyl (C=O) groups is 1. The number of amides is 1. The maximum atomic E-state index is 12.2. The summed E-state index contributed by atoms with van der Waals surface area (Å²) in [5.41, 5.74) is 0.402. The third-order valence-corrected chi connectivity index (χ3v) is 4.29. The van der Waals surface area contributed by atoms with E-state index in [1.54, 1.807) is 0 Å². The van der Waals surface area contributed by atoms with Gasteiger partial charge in [0, 0.05) is 25.2 Å². The van der Waals surface area contributed by atoms with E-state index in [4.69, 9.17) is 4.74 Å². The van der Waals surface area contributed by atoms with Crippen molar-refractivity contribution in [2.24, 2.45) is 17.3 Å². The zero-order chi connectivity index (χ0) is 12.5. The lowest BCUT2D eigenvalue weighted by Crippen LogP contribution is -2.43. The van der Waals surface area contributed by atoms with E-state index in [2.05, 4.69) is 26.1 Å². The van der Waals surface area contributed by atoms with Crippen LogP contribution in [-0.2, 0) is 9.53 Å². The van der Waals surface area contributed by atoms with Gasteiger partial charge in [0.2, 0.25) is 5.91 Å². The minimum absolute atomic E-state index is 0.160. The summed E-state index contributed by atoms with van der Waals surface area (Å²) < 4.78 is 5.39. The van der Waals surface area contributed by atoms with Crippen molar-refractivity contribution >= 4 is 5.91 Å². The molecule has 1 heterocycles. The maximum absolute atomic E-state index is 12.2. The van der Waals surface area contributed by atoms with E-state index < -0.39 is 0 Å². The van der Waals surface area contributed by atoms with Crippen LogP contribution in [0.15, 0.2) is 0 Å². The molecule has 1 aliphatic carbocycles. The summed E-state index contributed by atoms with van der Waals surface area (Å²) in [5.74, 6) is 0.772. The molecule has 0 bridgehead atoms. The van der Waals surface area contributed by atoms with Gasteiger partial charge in [-0.1, -0.05) is 20.8 Å². The first-order chi connectivity index (χ1) is 7.98. The molecule has 0 aromatic heterocycles. The Labute approximate surface area is 104 Å². The van der Waals surface area contributed by atoms with Crippen LogP contribution in [0.1, 0.15) is 46.5 Å². The smallest absolute Gasteiger partial charge is 0.223 e. The van der Waals surface area contributed by atoms with Crippen LogP contribution in [0, 0.1) is 17.3 Å². The minimum Gasteiger partial charge on any atom is -0.381 e. The molecule has 1 N–H and O–H groups in total. The molecule has 1 amide bonds. The molecular formula is C14H25NO2. The molecule has 2 fully saturated rings. The molecule has 2 rings (SSSR count). The van der Waals surface area contributed by atoms with Crippen LogP contribution in [0.4, 0.5) is 0 Å². The average molecular weight is 239 g/mol. The highest BCUT2D eigenvalue weighted by Crippen LogP contribution is 2.37. The summed E-state index contributed by atoms with van der Waals surface area (Å²) in [6, 6.07) is 0.396. The highest BCUT2D eigenvalue weighted by molar-refractivity contribution is 5.79. The Morgan fingerprint density at radius 2 is 2.12 bits per heavy atom. The van der Waals surface area contributed by atoms with Gasteiger partial charge in [0.05, 0.1) is 0 Å². The molecule has 17 heavy (non-hydrogen) atoms. The monoisotopic (exact) mass is 239 g/mol. The molecule has 3 heteroatoms. The lowest BCUT2D eigenvalue weighted by molar-refractivity contribution is -0.131. The van der Waals surface area contributed by atoms with Crippen molar-refractivity contribution in [2.45, 2.75) is 52.5 Å². The molecule has 1 saturated carbocycles. The Balaban J connectivity index is 1.84. The zero-order valence-corrected chi connectivity index (χ0v) is 11.3. The first-order valence-corrected chi connectivity index (χ1v) is 6.86. The van der Waals surface area contributed by atoms with Gasteiger partial charge in [-0.05, 0) is 37.0 Å². The molecule has 3 unspecified atom stereocenters. The minimum atomic E-state index is 0.160. The van der Waals surface area contributed by atoms with Gasteiger partial charge in [-0.2, -0.15) is 0 Å². The topological polar surface area (TPSA) is 38.3 Å². The molecular weight excluding hydrogens is 214 g/mol. The highest BCUT2D eigenvalue weighted by Gasteiger charge is 2.34. The predicted molar refractivity (Wildman–Crippen MR) is 67.7 cm³/mol. The van der Waals surface area contributed by atoms with Crippen LogP contribution in [0.5, 0.6) is 0 Å². The van der Waals surface area contributed by atoms with Crippen molar-refractivity contribution in [3.63, 3.8) is 0 Å². The molecule has 0 aromatic rings. The molecule has 3 atom stereocenters. The standard InChI is InChI=1S/C14H25NO2/c1-10-9-17-7-5-12(10)13(16)15-11-4-6-14(2,3)8-11/h10-12H,4-9H2,1-3H3,(H,15,16). The Morgan fingerprint density at radius 3 is 2.71 bits per heavy atom. The van der Waals surface area contributed by atoms with E-state index in [1.807, 2.05) is 0 Å². The van der Waals surface area contributed by atoms with Crippen LogP contribution < -0.4 is 5.32 Å². The van der Waals surface area contributed by atoms with Crippen LogP contribution >= 0.6 is 0 Å². The van der Waals surface area contributed by atoms with Crippen molar-refractivity contribution in [3.05, 3.63) is 0 Å². The highest BCUT2D eigenvalue weighted by atomic mass is 16.5. The SMILES string of the molecule is CC1COCCC1C(=O)NC1CCC(C)(C)C1. The number of hydrogen-bond donors (Lipinski definition) is 1. The van der Waals surface area contributed by atoms with Gasteiger partial charge in [-0.25, -0.2) is 0 Å². The summed E-state index contributed by atoms with van der Waals surface area (Å²) in [5, 5.41) is 3.24. The molecule has 0 spiro atoms. The molecule has 0 radical (unpaired) electrons. The first kappa shape index (κ1) is 12.9. The number of hydrogen-bond acceptors (Lipinski definition) is 2. The second kappa shape index (κ2) is 4.97. The van der Waals surface area contributed by atoms with Gasteiger partial charge < -0.3 is 10.1 Å². The van der Waals surface area contributed by atoms with Crippen LogP contribution in [0.2, 0.25) is 0 Å². The molecule has 98 valence electrons. The summed E-state index contributed by atoms with van der Waals surface area (Å²) in [7, 11) is 0. The van der Waals surface area contributed by atoms with E-state index in [1.165, 1.54) is 6.42 Å². The lowest BCUT2D eigenvalue weighted by atomic mass is 9.88. The fourth-order valence-electron chi connectivity index (χ4n) is 3.14. The van der Waals surface area contributed by atoms with Gasteiger partial charge >= 0.3 is 0 Å². The van der Waals surface area contributed by atoms with Gasteiger partial charge in [0.15, 0.2) is 0 Å². The lowest BCUT2D eigenvalue weighted by Gasteiger charge is -2.29. The molecule has 1 saturated heterocycles. The van der Waals surface area contributed by atoms with E-state index in [0.717, 1.165) is 32.5 Å². The van der Waals surface area contributed by atoms with E-state index in [0.29, 0.717) is 17.4 Å². The van der Waals surface area contributed by atoms with E-state index in [9.17, 15) is 4.79 Å². The van der Waals surface area contributed by atoms with Crippen LogP contribution in [-0.4, -0.2) is 25.2 Å². The molecule has 3 nitrogen and oxygen atoms in total. The Bertz CT molecular complexity index is 288. The summed E-state index contributed by atoms with van der Waals surface area (Å²) >= 11 is 0. The number of carbonyl (C=O) groups excluding carboxylic acids is 1. The largest absolute Gasteiger partial charge is 0.381 e. The summed E-state index contributed by atoms with van der Waals surface area (Å²) in [6.07, 6.45) is 4.36. The van der Waals surface area contributed by atoms with Crippen molar-refractivity contribution in [2.75, 3.05) is 13.2 Å². The fourth-order valence-corrected chi connectivity index (χ4v) is 3.14. The van der Waals surface area contributed by atoms with Gasteiger partial charge in [-0.3, -0.25) is 4.79 Å². The first-order valence-electron chi connectivity index (χ1n) is 6.86. The quantitative estimate of drug-likeness (QED) is 0.803. The molecule has 1 aliphatic heterocycles. The van der Waals surface area contributed by atoms with Crippen LogP contribution in [0.3, 0.4) is 0 Å². The Morgan fingerprint density at radius 1 is 1.35 bits per heavy atom. The average Bonchev–Trinajstić information content (AvgIpc) is 2.58. The zero-order valence-electron chi connectivity index (χ0n) is 11.3. The van der Waals surface area contributed by atoms with Crippen LogP contribution in [0.25, 0.3) is 0 Å². The third kappa shape index (κ3) is 3.21. The molecule has 2 aliphatic rings. The molecule has 0 aromatic carbocycles. The Kier molecular flexibility index (Phi) is 3.76. The summed E-state index contributed by atoms with van der Waals surface area (Å²) in [4.78, 5) is 12.2. The maximum Gasteiger partial charge on any atom is 0.223 e. The number of ether oxygens (including phenoxy) is 1. The fraction of sp³-hybridized carbons (Fsp3) is 0.929. The van der Waals surface area contributed by atoms with Crippen molar-refractivity contribution in [1.82, 2.24) is 5.32 Å². The van der Waals surface area contributed by atoms with Crippen molar-refractivity contribution in [3.8, 4) is 0 Å². The third-order valence-electron chi connectivity index (χ3n) is 4.29. The van der Waals surface area contributed by atoms with Gasteiger partial charge in [0.25, 0.3) is 0 Å². The second-order valence-corrected chi connectivity index (χ2v) is 6.56. The van der Waals surface area contributed by atoms with Crippen molar-refractivity contribution < 1.29 is 9.53 Å². The number of rotatable bonds is 2. The Hall–Kier alpha value is -0.570. The van der Waals surface area contributed by atoms with E-state index in [-0.39, 0.29) is 11.8 Å². The van der Waals surface area contributed by atoms with Gasteiger partial charge in [0.1, 0.15) is 0 Å². The summed E-state index contributed by atoms with van der Waals surface area (Å²) in [6.45, 7) is 8.15. The van der Waals surface area contributed by atoms with Gasteiger partial charge in [-0.15, -0.1) is 0 Å². The predicted octanol–water partition coefficient (Wildman–Crippen LogP) is 2.35. The second-order valence-electron chi connectivity index (χ2n) is 6.56. The number of nitrogens with one attached hydrogen (secondary N) is 1. The van der Waals surface area contributed by atoms with E-state index >= 15 is 0 Å². The van der Waals surface area contributed by atoms with Crippen molar-refractivity contribution in [1.29, 1.82) is 0 Å². The normalized spacial score (nSPS) is 36.8.